The van der Waals surface area contributed by atoms with Gasteiger partial charge in [-0.05, 0) is 0 Å². The Hall–Kier alpha value is -1.28. The molecule has 23 heavy (non-hydrogen) atoms. The summed E-state index contributed by atoms with van der Waals surface area (Å²) < 4.78 is 5.70. The third kappa shape index (κ3) is 8.22. The Balaban J connectivity index is 2.34. The number of alkyl carbamates (subject to hydrolysis) is 1. The molecule has 0 heterocycles. The fourth-order valence-corrected chi connectivity index (χ4v) is 4.89. The number of ether oxygens (including phenoxy) is 1. The van der Waals surface area contributed by atoms with Crippen molar-refractivity contribution in [1.29, 1.82) is 0 Å². The summed E-state index contributed by atoms with van der Waals surface area (Å²) in [6.07, 6.45) is -0.0182. The summed E-state index contributed by atoms with van der Waals surface area (Å²) in [5, 5.41) is 2.71. The van der Waals surface area contributed by atoms with E-state index in [1.165, 1.54) is 11.1 Å². The first-order valence-corrected chi connectivity index (χ1v) is 10.3. The summed E-state index contributed by atoms with van der Waals surface area (Å²) in [4.78, 5) is 23.7. The van der Waals surface area contributed by atoms with Crippen LogP contribution in [0.15, 0.2) is 24.3 Å². The number of rotatable bonds is 8. The molecule has 1 aromatic rings. The Morgan fingerprint density at radius 1 is 1.13 bits per heavy atom. The van der Waals surface area contributed by atoms with E-state index in [0.29, 0.717) is 22.2 Å². The second-order valence-electron chi connectivity index (χ2n) is 6.34. The molecule has 3 atom stereocenters. The number of aryl methyl sites for hydroxylation is 1. The fourth-order valence-electron chi connectivity index (χ4n) is 2.14. The molecule has 0 aliphatic carbocycles. The summed E-state index contributed by atoms with van der Waals surface area (Å²) in [7, 11) is 0. The van der Waals surface area contributed by atoms with E-state index in [0.717, 1.165) is 0 Å². The van der Waals surface area contributed by atoms with E-state index in [4.69, 9.17) is 4.74 Å². The van der Waals surface area contributed by atoms with Crippen molar-refractivity contribution in [2.24, 2.45) is 5.92 Å². The van der Waals surface area contributed by atoms with Crippen LogP contribution in [-0.4, -0.2) is 39.1 Å². The predicted octanol–water partition coefficient (Wildman–Crippen LogP) is 3.18. The number of nitrogens with one attached hydrogen (secondary N) is 1. The van der Waals surface area contributed by atoms with Crippen molar-refractivity contribution >= 4 is 26.4 Å². The summed E-state index contributed by atoms with van der Waals surface area (Å²) in [6.45, 7) is 10.3. The van der Waals surface area contributed by atoms with Crippen LogP contribution >= 0.6 is 0 Å². The standard InChI is InChI=1S/C18H28AsNO3/c1-12(2)23-18(22)20-11-14(4)10-17(21)19-15(5)16-8-6-13(3)7-9-16/h6-9,12,14-15,19H,10-11H2,1-5H3,(H,20,22). The van der Waals surface area contributed by atoms with Gasteiger partial charge in [0.1, 0.15) is 0 Å². The van der Waals surface area contributed by atoms with Gasteiger partial charge in [0, 0.05) is 0 Å². The van der Waals surface area contributed by atoms with Gasteiger partial charge < -0.3 is 0 Å². The van der Waals surface area contributed by atoms with Crippen molar-refractivity contribution in [1.82, 2.24) is 5.32 Å². The van der Waals surface area contributed by atoms with Gasteiger partial charge in [0.2, 0.25) is 0 Å². The van der Waals surface area contributed by atoms with Crippen LogP contribution in [0, 0.1) is 12.8 Å². The van der Waals surface area contributed by atoms with Crippen LogP contribution in [0.1, 0.15) is 49.9 Å². The van der Waals surface area contributed by atoms with Crippen LogP contribution in [0.3, 0.4) is 0 Å². The molecule has 0 aliphatic rings. The SMILES string of the molecule is Cc1ccc(C(C)[AsH]C(=O)CC(C)CNC(=O)OC(C)C)cc1. The van der Waals surface area contributed by atoms with Gasteiger partial charge in [-0.2, -0.15) is 0 Å². The van der Waals surface area contributed by atoms with Crippen LogP contribution in [0.25, 0.3) is 0 Å². The van der Waals surface area contributed by atoms with E-state index in [2.05, 4.69) is 43.4 Å². The number of amides is 1. The Morgan fingerprint density at radius 3 is 2.30 bits per heavy atom. The third-order valence-corrected chi connectivity index (χ3v) is 6.14. The fraction of sp³-hybridized carbons (Fsp3) is 0.556. The van der Waals surface area contributed by atoms with Crippen LogP contribution in [0.4, 0.5) is 4.79 Å². The van der Waals surface area contributed by atoms with Crippen LogP contribution in [-0.2, 0) is 9.53 Å². The molecule has 1 aromatic carbocycles. The van der Waals surface area contributed by atoms with E-state index < -0.39 is 21.8 Å². The Morgan fingerprint density at radius 2 is 1.74 bits per heavy atom. The molecule has 128 valence electrons. The third-order valence-electron chi connectivity index (χ3n) is 3.43. The number of carbonyl (C=O) groups excluding carboxylic acids is 2. The van der Waals surface area contributed by atoms with E-state index in [1.54, 1.807) is 0 Å². The second-order valence-corrected chi connectivity index (χ2v) is 9.94. The van der Waals surface area contributed by atoms with Crippen molar-refractivity contribution in [3.05, 3.63) is 35.4 Å². The zero-order chi connectivity index (χ0) is 17.4. The molecule has 0 spiro atoms. The Labute approximate surface area is 146 Å². The molecule has 1 rings (SSSR count). The molecule has 0 saturated carbocycles. The van der Waals surface area contributed by atoms with Gasteiger partial charge in [-0.3, -0.25) is 0 Å². The monoisotopic (exact) mass is 381 g/mol. The first-order chi connectivity index (χ1) is 10.8. The van der Waals surface area contributed by atoms with Gasteiger partial charge >= 0.3 is 146 Å². The first kappa shape index (κ1) is 19.8. The Kier molecular flexibility index (Phi) is 8.39. The van der Waals surface area contributed by atoms with Crippen molar-refractivity contribution in [2.45, 2.75) is 51.8 Å². The maximum absolute atomic E-state index is 12.2. The number of hydrogen-bond acceptors (Lipinski definition) is 3. The van der Waals surface area contributed by atoms with Crippen LogP contribution in [0.2, 0.25) is 0 Å². The molecule has 3 unspecified atom stereocenters. The molecule has 0 aliphatic heterocycles. The molecular formula is C18H28AsNO3. The summed E-state index contributed by atoms with van der Waals surface area (Å²) in [5.41, 5.74) is 2.48. The molecule has 0 fully saturated rings. The average molecular weight is 381 g/mol. The van der Waals surface area contributed by atoms with E-state index >= 15 is 0 Å². The molecule has 0 saturated heterocycles. The number of carbonyl (C=O) groups is 2. The number of benzene rings is 1. The van der Waals surface area contributed by atoms with Crippen LogP contribution in [0.5, 0.6) is 0 Å². The van der Waals surface area contributed by atoms with Crippen LogP contribution < -0.4 is 5.32 Å². The van der Waals surface area contributed by atoms with Gasteiger partial charge in [-0.25, -0.2) is 0 Å². The first-order valence-electron chi connectivity index (χ1n) is 8.08. The molecule has 4 nitrogen and oxygen atoms in total. The zero-order valence-corrected chi connectivity index (χ0v) is 16.8. The van der Waals surface area contributed by atoms with E-state index in [9.17, 15) is 9.59 Å². The van der Waals surface area contributed by atoms with Gasteiger partial charge in [-0.1, -0.05) is 0 Å². The quantitative estimate of drug-likeness (QED) is 0.704. The molecule has 5 heteroatoms. The van der Waals surface area contributed by atoms with Crippen molar-refractivity contribution < 1.29 is 14.3 Å². The molecule has 0 aromatic heterocycles. The topological polar surface area (TPSA) is 55.4 Å². The van der Waals surface area contributed by atoms with E-state index in [1.807, 2.05) is 20.8 Å². The van der Waals surface area contributed by atoms with Gasteiger partial charge in [0.05, 0.1) is 0 Å². The van der Waals surface area contributed by atoms with Gasteiger partial charge in [0.25, 0.3) is 0 Å². The molecule has 0 radical (unpaired) electrons. The summed E-state index contributed by atoms with van der Waals surface area (Å²) >= 11 is -0.694. The molecular weight excluding hydrogens is 353 g/mol. The molecule has 1 N–H and O–H groups in total. The van der Waals surface area contributed by atoms with Crippen molar-refractivity contribution in [2.75, 3.05) is 6.54 Å². The van der Waals surface area contributed by atoms with Crippen molar-refractivity contribution in [3.8, 4) is 0 Å². The summed E-state index contributed by atoms with van der Waals surface area (Å²) in [5.74, 6) is 0.135. The summed E-state index contributed by atoms with van der Waals surface area (Å²) in [6, 6.07) is 8.41. The van der Waals surface area contributed by atoms with E-state index in [-0.39, 0.29) is 12.0 Å². The van der Waals surface area contributed by atoms with Gasteiger partial charge in [-0.15, -0.1) is 0 Å². The normalized spacial score (nSPS) is 14.0. The average Bonchev–Trinajstić information content (AvgIpc) is 2.44. The Bertz CT molecular complexity index is 514. The van der Waals surface area contributed by atoms with Gasteiger partial charge in [0.15, 0.2) is 0 Å². The maximum atomic E-state index is 12.2. The minimum atomic E-state index is -0.694. The minimum absolute atomic E-state index is 0.131. The van der Waals surface area contributed by atoms with Crippen molar-refractivity contribution in [3.63, 3.8) is 0 Å². The number of hydrogen-bond donors (Lipinski definition) is 1. The zero-order valence-electron chi connectivity index (χ0n) is 14.7. The molecule has 0 bridgehead atoms. The second kappa shape index (κ2) is 9.77. The predicted molar refractivity (Wildman–Crippen MR) is 95.2 cm³/mol. The molecule has 1 amide bonds.